The molecule has 0 aromatic heterocycles. The lowest BCUT2D eigenvalue weighted by atomic mass is 9.99. The minimum absolute atomic E-state index is 0.0130. The van der Waals surface area contributed by atoms with Crippen molar-refractivity contribution in [3.63, 3.8) is 0 Å². The van der Waals surface area contributed by atoms with Gasteiger partial charge in [-0.25, -0.2) is 0 Å². The van der Waals surface area contributed by atoms with Crippen LogP contribution in [0.3, 0.4) is 0 Å². The Morgan fingerprint density at radius 1 is 1.43 bits per heavy atom. The second-order valence-corrected chi connectivity index (χ2v) is 4.40. The average Bonchev–Trinajstić information content (AvgIpc) is 2.43. The van der Waals surface area contributed by atoms with Crippen LogP contribution in [0.15, 0.2) is 4.99 Å². The zero-order valence-electron chi connectivity index (χ0n) is 8.67. The third-order valence-corrected chi connectivity index (χ3v) is 2.81. The minimum Gasteiger partial charge on any atom is -0.381 e. The Balaban J connectivity index is 2.09. The second-order valence-electron chi connectivity index (χ2n) is 4.40. The molecule has 4 nitrogen and oxygen atoms in total. The second kappa shape index (κ2) is 3.35. The molecule has 4 heteroatoms. The van der Waals surface area contributed by atoms with E-state index in [1.165, 1.54) is 0 Å². The van der Waals surface area contributed by atoms with Crippen LogP contribution in [-0.2, 0) is 9.53 Å². The van der Waals surface area contributed by atoms with Crippen molar-refractivity contribution in [1.82, 2.24) is 5.32 Å². The smallest absolute Gasteiger partial charge is 0.252 e. The molecule has 2 heterocycles. The van der Waals surface area contributed by atoms with Crippen LogP contribution in [0.1, 0.15) is 26.7 Å². The van der Waals surface area contributed by atoms with Crippen molar-refractivity contribution in [2.75, 3.05) is 13.2 Å². The van der Waals surface area contributed by atoms with E-state index in [0.29, 0.717) is 5.92 Å². The largest absolute Gasteiger partial charge is 0.381 e. The van der Waals surface area contributed by atoms with Crippen LogP contribution in [-0.4, -0.2) is 30.5 Å². The molecule has 0 unspecified atom stereocenters. The van der Waals surface area contributed by atoms with Crippen molar-refractivity contribution >= 4 is 11.7 Å². The number of carbonyl (C=O) groups is 1. The van der Waals surface area contributed by atoms with Gasteiger partial charge in [-0.1, -0.05) is 0 Å². The van der Waals surface area contributed by atoms with Crippen molar-refractivity contribution in [2.45, 2.75) is 32.2 Å². The first-order valence-corrected chi connectivity index (χ1v) is 5.08. The van der Waals surface area contributed by atoms with Gasteiger partial charge in [0.2, 0.25) is 0 Å². The zero-order chi connectivity index (χ0) is 10.2. The third-order valence-electron chi connectivity index (χ3n) is 2.81. The molecule has 0 bridgehead atoms. The van der Waals surface area contributed by atoms with Gasteiger partial charge in [0, 0.05) is 19.1 Å². The van der Waals surface area contributed by atoms with Crippen LogP contribution < -0.4 is 5.32 Å². The first-order chi connectivity index (χ1) is 6.59. The number of carbonyl (C=O) groups excluding carboxylic acids is 1. The van der Waals surface area contributed by atoms with Gasteiger partial charge in [-0.05, 0) is 26.7 Å². The Bertz CT molecular complexity index is 278. The summed E-state index contributed by atoms with van der Waals surface area (Å²) < 4.78 is 5.27. The standard InChI is InChI=1S/C10H16N2O2/c1-10(2)9(13)11-8(12-10)7-3-5-14-6-4-7/h7H,3-6H2,1-2H3,(H,11,12,13). The van der Waals surface area contributed by atoms with Crippen LogP contribution in [0.2, 0.25) is 0 Å². The summed E-state index contributed by atoms with van der Waals surface area (Å²) in [5, 5.41) is 2.87. The number of nitrogens with zero attached hydrogens (tertiary/aromatic N) is 1. The molecule has 2 aliphatic rings. The normalized spacial score (nSPS) is 27.3. The summed E-state index contributed by atoms with van der Waals surface area (Å²) >= 11 is 0. The maximum absolute atomic E-state index is 11.5. The summed E-state index contributed by atoms with van der Waals surface area (Å²) in [7, 11) is 0. The molecule has 0 spiro atoms. The number of hydrogen-bond acceptors (Lipinski definition) is 3. The van der Waals surface area contributed by atoms with Gasteiger partial charge in [0.1, 0.15) is 11.4 Å². The third kappa shape index (κ3) is 1.66. The van der Waals surface area contributed by atoms with Gasteiger partial charge in [0.25, 0.3) is 5.91 Å². The molecule has 0 saturated carbocycles. The quantitative estimate of drug-likeness (QED) is 0.671. The van der Waals surface area contributed by atoms with Crippen LogP contribution in [0.25, 0.3) is 0 Å². The maximum atomic E-state index is 11.5. The van der Waals surface area contributed by atoms with Gasteiger partial charge in [0.15, 0.2) is 0 Å². The molecule has 2 aliphatic heterocycles. The van der Waals surface area contributed by atoms with Crippen LogP contribution >= 0.6 is 0 Å². The lowest BCUT2D eigenvalue weighted by molar-refractivity contribution is -0.122. The summed E-state index contributed by atoms with van der Waals surface area (Å²) in [6.45, 7) is 5.24. The molecular weight excluding hydrogens is 180 g/mol. The average molecular weight is 196 g/mol. The fourth-order valence-corrected chi connectivity index (χ4v) is 1.81. The Hall–Kier alpha value is -0.900. The number of amidine groups is 1. The summed E-state index contributed by atoms with van der Waals surface area (Å²) in [5.74, 6) is 1.26. The highest BCUT2D eigenvalue weighted by atomic mass is 16.5. The number of nitrogens with one attached hydrogen (secondary N) is 1. The van der Waals surface area contributed by atoms with Crippen molar-refractivity contribution < 1.29 is 9.53 Å². The van der Waals surface area contributed by atoms with E-state index in [0.717, 1.165) is 31.9 Å². The van der Waals surface area contributed by atoms with Crippen molar-refractivity contribution in [3.8, 4) is 0 Å². The molecule has 1 fully saturated rings. The van der Waals surface area contributed by atoms with E-state index in [1.54, 1.807) is 0 Å². The van der Waals surface area contributed by atoms with E-state index in [9.17, 15) is 4.79 Å². The molecule has 1 N–H and O–H groups in total. The van der Waals surface area contributed by atoms with E-state index in [4.69, 9.17) is 4.74 Å². The molecular formula is C10H16N2O2. The highest BCUT2D eigenvalue weighted by Gasteiger charge is 2.36. The summed E-state index contributed by atoms with van der Waals surface area (Å²) in [5.41, 5.74) is -0.576. The Kier molecular flexibility index (Phi) is 2.31. The number of ether oxygens (including phenoxy) is 1. The van der Waals surface area contributed by atoms with Gasteiger partial charge in [-0.2, -0.15) is 0 Å². The minimum atomic E-state index is -0.576. The molecule has 2 rings (SSSR count). The van der Waals surface area contributed by atoms with E-state index in [-0.39, 0.29) is 5.91 Å². The molecule has 0 aromatic rings. The van der Waals surface area contributed by atoms with Crippen LogP contribution in [0.4, 0.5) is 0 Å². The Labute approximate surface area is 83.7 Å². The summed E-state index contributed by atoms with van der Waals surface area (Å²) in [4.78, 5) is 15.9. The Morgan fingerprint density at radius 2 is 2.07 bits per heavy atom. The van der Waals surface area contributed by atoms with Gasteiger partial charge in [0.05, 0.1) is 0 Å². The molecule has 1 amide bonds. The van der Waals surface area contributed by atoms with Crippen molar-refractivity contribution in [3.05, 3.63) is 0 Å². The van der Waals surface area contributed by atoms with Gasteiger partial charge >= 0.3 is 0 Å². The predicted molar refractivity (Wildman–Crippen MR) is 53.2 cm³/mol. The lowest BCUT2D eigenvalue weighted by Gasteiger charge is -2.21. The number of aliphatic imine (C=N–C) groups is 1. The highest BCUT2D eigenvalue weighted by molar-refractivity contribution is 6.08. The monoisotopic (exact) mass is 196 g/mol. The van der Waals surface area contributed by atoms with E-state index in [1.807, 2.05) is 13.8 Å². The molecule has 0 aromatic carbocycles. The number of rotatable bonds is 1. The highest BCUT2D eigenvalue weighted by Crippen LogP contribution is 2.22. The van der Waals surface area contributed by atoms with Crippen molar-refractivity contribution in [2.24, 2.45) is 10.9 Å². The molecule has 0 aliphatic carbocycles. The molecule has 1 saturated heterocycles. The maximum Gasteiger partial charge on any atom is 0.252 e. The molecule has 0 radical (unpaired) electrons. The van der Waals surface area contributed by atoms with E-state index >= 15 is 0 Å². The lowest BCUT2D eigenvalue weighted by Crippen LogP contribution is -2.37. The van der Waals surface area contributed by atoms with E-state index in [2.05, 4.69) is 10.3 Å². The number of amides is 1. The van der Waals surface area contributed by atoms with Gasteiger partial charge < -0.3 is 10.1 Å². The van der Waals surface area contributed by atoms with E-state index < -0.39 is 5.54 Å². The van der Waals surface area contributed by atoms with Gasteiger partial charge in [-0.3, -0.25) is 9.79 Å². The molecule has 78 valence electrons. The SMILES string of the molecule is CC1(C)N=C(C2CCOCC2)NC1=O. The zero-order valence-corrected chi connectivity index (χ0v) is 8.67. The van der Waals surface area contributed by atoms with Gasteiger partial charge in [-0.15, -0.1) is 0 Å². The fraction of sp³-hybridized carbons (Fsp3) is 0.800. The first kappa shape index (κ1) is 9.65. The van der Waals surface area contributed by atoms with Crippen LogP contribution in [0, 0.1) is 5.92 Å². The Morgan fingerprint density at radius 3 is 2.57 bits per heavy atom. The number of hydrogen-bond donors (Lipinski definition) is 1. The fourth-order valence-electron chi connectivity index (χ4n) is 1.81. The first-order valence-electron chi connectivity index (χ1n) is 5.08. The summed E-state index contributed by atoms with van der Waals surface area (Å²) in [6, 6.07) is 0. The summed E-state index contributed by atoms with van der Waals surface area (Å²) in [6.07, 6.45) is 1.93. The predicted octanol–water partition coefficient (Wildman–Crippen LogP) is 0.720. The molecule has 0 atom stereocenters. The molecule has 14 heavy (non-hydrogen) atoms. The topological polar surface area (TPSA) is 50.7 Å². The van der Waals surface area contributed by atoms with Crippen molar-refractivity contribution in [1.29, 1.82) is 0 Å². The van der Waals surface area contributed by atoms with Crippen LogP contribution in [0.5, 0.6) is 0 Å².